The molecule has 0 amide bonds. The SMILES string of the molecule is COCC(C)NC(N)=NCc1cc(C)nn1C.I. The van der Waals surface area contributed by atoms with E-state index >= 15 is 0 Å². The van der Waals surface area contributed by atoms with Gasteiger partial charge < -0.3 is 15.8 Å². The van der Waals surface area contributed by atoms with Crippen LogP contribution in [0.25, 0.3) is 0 Å². The van der Waals surface area contributed by atoms with E-state index in [-0.39, 0.29) is 30.0 Å². The smallest absolute Gasteiger partial charge is 0.189 e. The molecule has 0 aliphatic carbocycles. The van der Waals surface area contributed by atoms with Crippen LogP contribution in [0.3, 0.4) is 0 Å². The lowest BCUT2D eigenvalue weighted by molar-refractivity contribution is 0.179. The Balaban J connectivity index is 0.00000289. The molecule has 18 heavy (non-hydrogen) atoms. The van der Waals surface area contributed by atoms with E-state index < -0.39 is 0 Å². The molecule has 1 unspecified atom stereocenters. The number of ether oxygens (including phenoxy) is 1. The maximum atomic E-state index is 5.76. The molecule has 1 aromatic rings. The molecule has 0 radical (unpaired) electrons. The normalized spacial score (nSPS) is 13.0. The van der Waals surface area contributed by atoms with Gasteiger partial charge in [0.2, 0.25) is 0 Å². The summed E-state index contributed by atoms with van der Waals surface area (Å²) in [7, 11) is 3.55. The Morgan fingerprint density at radius 1 is 1.67 bits per heavy atom. The average Bonchev–Trinajstić information content (AvgIpc) is 2.54. The van der Waals surface area contributed by atoms with Crippen molar-refractivity contribution in [3.63, 3.8) is 0 Å². The number of hydrogen-bond acceptors (Lipinski definition) is 3. The summed E-state index contributed by atoms with van der Waals surface area (Å²) in [5.74, 6) is 0.424. The number of aliphatic imine (C=N–C) groups is 1. The second kappa shape index (κ2) is 8.30. The number of nitrogens with two attached hydrogens (primary N) is 1. The van der Waals surface area contributed by atoms with Gasteiger partial charge in [-0.25, -0.2) is 4.99 Å². The molecule has 104 valence electrons. The van der Waals surface area contributed by atoms with Gasteiger partial charge >= 0.3 is 0 Å². The molecule has 0 spiro atoms. The van der Waals surface area contributed by atoms with Gasteiger partial charge in [0.15, 0.2) is 5.96 Å². The van der Waals surface area contributed by atoms with Gasteiger partial charge in [-0.05, 0) is 19.9 Å². The Bertz CT molecular complexity index is 391. The van der Waals surface area contributed by atoms with Crippen LogP contribution in [0.4, 0.5) is 0 Å². The van der Waals surface area contributed by atoms with E-state index in [0.29, 0.717) is 19.1 Å². The van der Waals surface area contributed by atoms with Crippen molar-refractivity contribution in [3.8, 4) is 0 Å². The third-order valence-corrected chi connectivity index (χ3v) is 2.32. The Labute approximate surface area is 125 Å². The second-order valence-electron chi connectivity index (χ2n) is 4.10. The molecule has 0 aliphatic heterocycles. The predicted molar refractivity (Wildman–Crippen MR) is 83.2 cm³/mol. The number of halogens is 1. The van der Waals surface area contributed by atoms with E-state index in [1.54, 1.807) is 7.11 Å². The molecular weight excluding hydrogens is 345 g/mol. The summed E-state index contributed by atoms with van der Waals surface area (Å²) >= 11 is 0. The van der Waals surface area contributed by atoms with Gasteiger partial charge in [0.25, 0.3) is 0 Å². The second-order valence-corrected chi connectivity index (χ2v) is 4.10. The Hall–Kier alpha value is -0.830. The van der Waals surface area contributed by atoms with Crippen molar-refractivity contribution < 1.29 is 4.74 Å². The van der Waals surface area contributed by atoms with Crippen LogP contribution in [0.1, 0.15) is 18.3 Å². The van der Waals surface area contributed by atoms with Crippen LogP contribution < -0.4 is 11.1 Å². The third-order valence-electron chi connectivity index (χ3n) is 2.32. The van der Waals surface area contributed by atoms with Gasteiger partial charge in [-0.2, -0.15) is 5.10 Å². The van der Waals surface area contributed by atoms with Crippen LogP contribution in [0.15, 0.2) is 11.1 Å². The molecule has 1 aromatic heterocycles. The molecule has 0 fully saturated rings. The highest BCUT2D eigenvalue weighted by molar-refractivity contribution is 14.0. The monoisotopic (exact) mass is 367 g/mol. The van der Waals surface area contributed by atoms with Crippen LogP contribution >= 0.6 is 24.0 Å². The summed E-state index contributed by atoms with van der Waals surface area (Å²) in [6.07, 6.45) is 0. The van der Waals surface area contributed by atoms with Gasteiger partial charge in [0.1, 0.15) is 0 Å². The summed E-state index contributed by atoms with van der Waals surface area (Å²) in [6.45, 7) is 5.06. The number of rotatable bonds is 5. The van der Waals surface area contributed by atoms with Crippen LogP contribution in [0.2, 0.25) is 0 Å². The molecular formula is C11H22IN5O. The highest BCUT2D eigenvalue weighted by atomic mass is 127. The largest absolute Gasteiger partial charge is 0.383 e. The molecule has 1 atom stereocenters. The molecule has 0 aromatic carbocycles. The van der Waals surface area contributed by atoms with Gasteiger partial charge in [-0.3, -0.25) is 4.68 Å². The van der Waals surface area contributed by atoms with Crippen LogP contribution in [0, 0.1) is 6.92 Å². The van der Waals surface area contributed by atoms with Gasteiger partial charge in [-0.1, -0.05) is 0 Å². The number of guanidine groups is 1. The summed E-state index contributed by atoms with van der Waals surface area (Å²) < 4.78 is 6.81. The van der Waals surface area contributed by atoms with Crippen molar-refractivity contribution in [2.45, 2.75) is 26.4 Å². The first-order valence-electron chi connectivity index (χ1n) is 5.58. The molecule has 3 N–H and O–H groups in total. The molecule has 0 aliphatic rings. The minimum atomic E-state index is 0. The lowest BCUT2D eigenvalue weighted by atomic mass is 10.3. The number of hydrogen-bond donors (Lipinski definition) is 2. The minimum absolute atomic E-state index is 0. The summed E-state index contributed by atoms with van der Waals surface area (Å²) in [4.78, 5) is 4.26. The van der Waals surface area contributed by atoms with E-state index in [1.165, 1.54) is 0 Å². The zero-order chi connectivity index (χ0) is 12.8. The van der Waals surface area contributed by atoms with E-state index in [0.717, 1.165) is 11.4 Å². The van der Waals surface area contributed by atoms with Gasteiger partial charge in [0, 0.05) is 20.2 Å². The number of methoxy groups -OCH3 is 1. The molecule has 1 heterocycles. The standard InChI is InChI=1S/C11H21N5O.HI/c1-8-5-10(16(3)15-8)6-13-11(12)14-9(2)7-17-4;/h5,9H,6-7H2,1-4H3,(H3,12,13,14);1H. The number of nitrogens with one attached hydrogen (secondary N) is 1. The van der Waals surface area contributed by atoms with Crippen molar-refractivity contribution in [1.82, 2.24) is 15.1 Å². The minimum Gasteiger partial charge on any atom is -0.383 e. The maximum absolute atomic E-state index is 5.76. The zero-order valence-electron chi connectivity index (χ0n) is 11.3. The summed E-state index contributed by atoms with van der Waals surface area (Å²) in [6, 6.07) is 2.15. The fourth-order valence-electron chi connectivity index (χ4n) is 1.57. The van der Waals surface area contributed by atoms with Crippen LogP contribution in [-0.4, -0.2) is 35.5 Å². The Kier molecular flexibility index (Phi) is 7.92. The first kappa shape index (κ1) is 17.2. The number of aromatic nitrogens is 2. The number of nitrogens with zero attached hydrogens (tertiary/aromatic N) is 3. The predicted octanol–water partition coefficient (Wildman–Crippen LogP) is 0.786. The molecule has 0 saturated carbocycles. The van der Waals surface area contributed by atoms with Crippen molar-refractivity contribution >= 4 is 29.9 Å². The topological polar surface area (TPSA) is 77.5 Å². The molecule has 1 rings (SSSR count). The maximum Gasteiger partial charge on any atom is 0.189 e. The van der Waals surface area contributed by atoms with Gasteiger partial charge in [0.05, 0.1) is 24.5 Å². The molecule has 7 heteroatoms. The summed E-state index contributed by atoms with van der Waals surface area (Å²) in [5.41, 5.74) is 7.78. The van der Waals surface area contributed by atoms with Crippen molar-refractivity contribution in [1.29, 1.82) is 0 Å². The Morgan fingerprint density at radius 3 is 2.83 bits per heavy atom. The highest BCUT2D eigenvalue weighted by Gasteiger charge is 2.03. The Morgan fingerprint density at radius 2 is 2.33 bits per heavy atom. The van der Waals surface area contributed by atoms with Crippen LogP contribution in [-0.2, 0) is 18.3 Å². The zero-order valence-corrected chi connectivity index (χ0v) is 13.6. The van der Waals surface area contributed by atoms with Crippen molar-refractivity contribution in [3.05, 3.63) is 17.5 Å². The third kappa shape index (κ3) is 5.67. The van der Waals surface area contributed by atoms with E-state index in [4.69, 9.17) is 10.5 Å². The van der Waals surface area contributed by atoms with E-state index in [1.807, 2.05) is 31.6 Å². The molecule has 0 saturated heterocycles. The first-order valence-corrected chi connectivity index (χ1v) is 5.58. The van der Waals surface area contributed by atoms with Crippen LogP contribution in [0.5, 0.6) is 0 Å². The summed E-state index contributed by atoms with van der Waals surface area (Å²) in [5, 5.41) is 7.30. The van der Waals surface area contributed by atoms with Gasteiger partial charge in [-0.15, -0.1) is 24.0 Å². The first-order chi connectivity index (χ1) is 8.02. The van der Waals surface area contributed by atoms with E-state index in [9.17, 15) is 0 Å². The molecule has 6 nitrogen and oxygen atoms in total. The van der Waals surface area contributed by atoms with Crippen molar-refractivity contribution in [2.24, 2.45) is 17.8 Å². The quantitative estimate of drug-likeness (QED) is 0.458. The fourth-order valence-corrected chi connectivity index (χ4v) is 1.57. The average molecular weight is 367 g/mol. The lowest BCUT2D eigenvalue weighted by Gasteiger charge is -2.12. The van der Waals surface area contributed by atoms with Crippen molar-refractivity contribution in [2.75, 3.05) is 13.7 Å². The van der Waals surface area contributed by atoms with E-state index in [2.05, 4.69) is 15.4 Å². The fraction of sp³-hybridized carbons (Fsp3) is 0.636. The number of aryl methyl sites for hydroxylation is 2. The lowest BCUT2D eigenvalue weighted by Crippen LogP contribution is -2.40. The highest BCUT2D eigenvalue weighted by Crippen LogP contribution is 2.02. The molecule has 0 bridgehead atoms.